The van der Waals surface area contributed by atoms with Gasteiger partial charge in [0.25, 0.3) is 5.91 Å². The number of aromatic nitrogens is 1. The number of nitrogen functional groups attached to an aromatic ring is 1. The minimum atomic E-state index is -0.235. The molecule has 2 N–H and O–H groups in total. The van der Waals surface area contributed by atoms with Crippen molar-refractivity contribution in [3.8, 4) is 6.07 Å². The Kier molecular flexibility index (Phi) is 4.93. The number of anilines is 1. The zero-order chi connectivity index (χ0) is 13.7. The molecule has 0 bridgehead atoms. The summed E-state index contributed by atoms with van der Waals surface area (Å²) in [6, 6.07) is 3.54. The quantitative estimate of drug-likeness (QED) is 0.844. The predicted octanol–water partition coefficient (Wildman–Crippen LogP) is 1.94. The van der Waals surface area contributed by atoms with Crippen LogP contribution in [0.3, 0.4) is 0 Å². The van der Waals surface area contributed by atoms with Gasteiger partial charge in [-0.15, -0.1) is 0 Å². The molecule has 1 aromatic heterocycles. The Balaban J connectivity index is 2.97. The van der Waals surface area contributed by atoms with Crippen LogP contribution < -0.4 is 5.73 Å². The van der Waals surface area contributed by atoms with Crippen LogP contribution in [0, 0.1) is 17.2 Å². The summed E-state index contributed by atoms with van der Waals surface area (Å²) in [4.78, 5) is 17.6. The van der Waals surface area contributed by atoms with Gasteiger partial charge in [0.05, 0.1) is 29.4 Å². The number of nitriles is 1. The molecule has 1 aromatic rings. The molecule has 96 valence electrons. The smallest absolute Gasteiger partial charge is 0.256 e. The van der Waals surface area contributed by atoms with E-state index in [0.29, 0.717) is 18.7 Å². The standard InChI is InChI=1S/C12H15ClN4O/c1-3-17(7-8(2)5-14)12(18)9-4-11(13)16-6-10(9)15/h4,6,8H,3,7,15H2,1-2H3. The molecule has 1 heterocycles. The van der Waals surface area contributed by atoms with Gasteiger partial charge in [-0.05, 0) is 19.9 Å². The Morgan fingerprint density at radius 1 is 1.72 bits per heavy atom. The summed E-state index contributed by atoms with van der Waals surface area (Å²) < 4.78 is 0. The van der Waals surface area contributed by atoms with Crippen molar-refractivity contribution in [2.75, 3.05) is 18.8 Å². The van der Waals surface area contributed by atoms with E-state index >= 15 is 0 Å². The van der Waals surface area contributed by atoms with Crippen molar-refractivity contribution in [3.05, 3.63) is 23.0 Å². The molecule has 0 aliphatic heterocycles. The Bertz CT molecular complexity index is 483. The average molecular weight is 267 g/mol. The molecule has 0 aromatic carbocycles. The van der Waals surface area contributed by atoms with E-state index in [2.05, 4.69) is 11.1 Å². The van der Waals surface area contributed by atoms with Crippen LogP contribution in [0.15, 0.2) is 12.3 Å². The molecule has 0 aliphatic rings. The summed E-state index contributed by atoms with van der Waals surface area (Å²) in [5.41, 5.74) is 6.32. The van der Waals surface area contributed by atoms with Crippen molar-refractivity contribution >= 4 is 23.2 Å². The minimum Gasteiger partial charge on any atom is -0.397 e. The Morgan fingerprint density at radius 2 is 2.39 bits per heavy atom. The first kappa shape index (κ1) is 14.3. The molecular weight excluding hydrogens is 252 g/mol. The van der Waals surface area contributed by atoms with Gasteiger partial charge in [0.1, 0.15) is 5.15 Å². The third-order valence-corrected chi connectivity index (χ3v) is 2.72. The van der Waals surface area contributed by atoms with Gasteiger partial charge >= 0.3 is 0 Å². The molecule has 1 amide bonds. The molecular formula is C12H15ClN4O. The first-order chi connectivity index (χ1) is 8.49. The lowest BCUT2D eigenvalue weighted by molar-refractivity contribution is 0.0753. The number of pyridine rings is 1. The van der Waals surface area contributed by atoms with Gasteiger partial charge in [-0.3, -0.25) is 4.79 Å². The number of halogens is 1. The van der Waals surface area contributed by atoms with Gasteiger partial charge in [-0.1, -0.05) is 11.6 Å². The second-order valence-corrected chi connectivity index (χ2v) is 4.36. The highest BCUT2D eigenvalue weighted by Crippen LogP contribution is 2.17. The van der Waals surface area contributed by atoms with Gasteiger partial charge in [0, 0.05) is 13.1 Å². The second kappa shape index (κ2) is 6.22. The van der Waals surface area contributed by atoms with Gasteiger partial charge in [0.15, 0.2) is 0 Å². The van der Waals surface area contributed by atoms with Crippen molar-refractivity contribution in [2.24, 2.45) is 5.92 Å². The zero-order valence-corrected chi connectivity index (χ0v) is 11.1. The molecule has 18 heavy (non-hydrogen) atoms. The van der Waals surface area contributed by atoms with E-state index in [9.17, 15) is 4.79 Å². The molecule has 1 unspecified atom stereocenters. The zero-order valence-electron chi connectivity index (χ0n) is 10.4. The maximum absolute atomic E-state index is 12.3. The highest BCUT2D eigenvalue weighted by molar-refractivity contribution is 6.29. The SMILES string of the molecule is CCN(CC(C)C#N)C(=O)c1cc(Cl)ncc1N. The molecule has 0 spiro atoms. The van der Waals surface area contributed by atoms with Crippen LogP contribution in [0.1, 0.15) is 24.2 Å². The van der Waals surface area contributed by atoms with Crippen LogP contribution in [0.4, 0.5) is 5.69 Å². The van der Waals surface area contributed by atoms with E-state index in [4.69, 9.17) is 22.6 Å². The molecule has 0 saturated carbocycles. The van der Waals surface area contributed by atoms with Crippen molar-refractivity contribution in [1.82, 2.24) is 9.88 Å². The van der Waals surface area contributed by atoms with Crippen LogP contribution >= 0.6 is 11.6 Å². The lowest BCUT2D eigenvalue weighted by Crippen LogP contribution is -2.34. The van der Waals surface area contributed by atoms with Crippen molar-refractivity contribution in [1.29, 1.82) is 5.26 Å². The first-order valence-corrected chi connectivity index (χ1v) is 5.97. The molecule has 1 rings (SSSR count). The number of nitrogens with zero attached hydrogens (tertiary/aromatic N) is 3. The average Bonchev–Trinajstić information content (AvgIpc) is 2.37. The summed E-state index contributed by atoms with van der Waals surface area (Å²) >= 11 is 5.75. The lowest BCUT2D eigenvalue weighted by Gasteiger charge is -2.22. The Labute approximate surface area is 111 Å². The third kappa shape index (κ3) is 3.34. The van der Waals surface area contributed by atoms with Gasteiger partial charge in [-0.25, -0.2) is 4.98 Å². The van der Waals surface area contributed by atoms with Gasteiger partial charge in [0.2, 0.25) is 0 Å². The Morgan fingerprint density at radius 3 is 2.94 bits per heavy atom. The highest BCUT2D eigenvalue weighted by Gasteiger charge is 2.19. The largest absolute Gasteiger partial charge is 0.397 e. The van der Waals surface area contributed by atoms with E-state index in [1.165, 1.54) is 12.3 Å². The summed E-state index contributed by atoms with van der Waals surface area (Å²) in [6.07, 6.45) is 1.36. The minimum absolute atomic E-state index is 0.219. The maximum atomic E-state index is 12.3. The van der Waals surface area contributed by atoms with E-state index in [0.717, 1.165) is 0 Å². The molecule has 0 aliphatic carbocycles. The second-order valence-electron chi connectivity index (χ2n) is 3.97. The monoisotopic (exact) mass is 266 g/mol. The van der Waals surface area contributed by atoms with E-state index in [1.807, 2.05) is 6.92 Å². The van der Waals surface area contributed by atoms with Crippen LogP contribution in [0.5, 0.6) is 0 Å². The maximum Gasteiger partial charge on any atom is 0.256 e. The molecule has 0 saturated heterocycles. The summed E-state index contributed by atoms with van der Waals surface area (Å²) in [5.74, 6) is -0.464. The number of nitrogens with two attached hydrogens (primary N) is 1. The van der Waals surface area contributed by atoms with Crippen LogP contribution in [-0.2, 0) is 0 Å². The summed E-state index contributed by atoms with van der Waals surface area (Å²) in [6.45, 7) is 4.48. The van der Waals surface area contributed by atoms with Crippen LogP contribution in [0.2, 0.25) is 5.15 Å². The summed E-state index contributed by atoms with van der Waals surface area (Å²) in [5, 5.41) is 9.01. The van der Waals surface area contributed by atoms with Crippen molar-refractivity contribution < 1.29 is 4.79 Å². The third-order valence-electron chi connectivity index (χ3n) is 2.52. The van der Waals surface area contributed by atoms with Gasteiger partial charge < -0.3 is 10.6 Å². The van der Waals surface area contributed by atoms with E-state index < -0.39 is 0 Å². The molecule has 5 nitrogen and oxygen atoms in total. The van der Waals surface area contributed by atoms with Crippen molar-refractivity contribution in [2.45, 2.75) is 13.8 Å². The molecule has 0 fully saturated rings. The highest BCUT2D eigenvalue weighted by atomic mass is 35.5. The topological polar surface area (TPSA) is 83.0 Å². The van der Waals surface area contributed by atoms with Crippen molar-refractivity contribution in [3.63, 3.8) is 0 Å². The lowest BCUT2D eigenvalue weighted by atomic mass is 10.1. The fourth-order valence-corrected chi connectivity index (χ4v) is 1.68. The molecule has 0 radical (unpaired) electrons. The normalized spacial score (nSPS) is 11.7. The first-order valence-electron chi connectivity index (χ1n) is 5.59. The predicted molar refractivity (Wildman–Crippen MR) is 70.0 cm³/mol. The number of rotatable bonds is 4. The number of amides is 1. The van der Waals surface area contributed by atoms with Crippen LogP contribution in [0.25, 0.3) is 0 Å². The van der Waals surface area contributed by atoms with Crippen LogP contribution in [-0.4, -0.2) is 28.9 Å². The summed E-state index contributed by atoms with van der Waals surface area (Å²) in [7, 11) is 0. The fraction of sp³-hybridized carbons (Fsp3) is 0.417. The number of carbonyl (C=O) groups is 1. The fourth-order valence-electron chi connectivity index (χ4n) is 1.52. The van der Waals surface area contributed by atoms with E-state index in [1.54, 1.807) is 11.8 Å². The van der Waals surface area contributed by atoms with Gasteiger partial charge in [-0.2, -0.15) is 5.26 Å². The molecule has 1 atom stereocenters. The number of carbonyl (C=O) groups excluding carboxylic acids is 1. The molecule has 6 heteroatoms. The van der Waals surface area contributed by atoms with E-state index in [-0.39, 0.29) is 22.7 Å². The Hall–Kier alpha value is -1.80. The number of hydrogen-bond acceptors (Lipinski definition) is 4. The number of hydrogen-bond donors (Lipinski definition) is 1.